The quantitative estimate of drug-likeness (QED) is 0.839. The summed E-state index contributed by atoms with van der Waals surface area (Å²) >= 11 is 5.45. The number of rotatable bonds is 5. The molecule has 2 aromatic rings. The lowest BCUT2D eigenvalue weighted by atomic mass is 9.76. The van der Waals surface area contributed by atoms with E-state index in [-0.39, 0.29) is 5.41 Å². The van der Waals surface area contributed by atoms with Crippen LogP contribution >= 0.6 is 27.3 Å². The zero-order valence-corrected chi connectivity index (χ0v) is 14.0. The SMILES string of the molecule is CNC(Cc1sccc1Br)C(C)(C)c1ccccc1. The van der Waals surface area contributed by atoms with Crippen molar-refractivity contribution in [3.8, 4) is 0 Å². The van der Waals surface area contributed by atoms with Crippen molar-refractivity contribution in [3.05, 3.63) is 56.7 Å². The molecule has 0 saturated carbocycles. The van der Waals surface area contributed by atoms with Gasteiger partial charge in [-0.2, -0.15) is 0 Å². The highest BCUT2D eigenvalue weighted by Gasteiger charge is 2.30. The van der Waals surface area contributed by atoms with E-state index in [2.05, 4.69) is 83.9 Å². The second-order valence-corrected chi connectivity index (χ2v) is 7.18. The fourth-order valence-electron chi connectivity index (χ4n) is 2.44. The van der Waals surface area contributed by atoms with Crippen LogP contribution in [0.3, 0.4) is 0 Å². The molecule has 1 aromatic heterocycles. The van der Waals surface area contributed by atoms with Gasteiger partial charge in [0.2, 0.25) is 0 Å². The normalized spacial score (nSPS) is 13.5. The Balaban J connectivity index is 2.24. The van der Waals surface area contributed by atoms with Gasteiger partial charge >= 0.3 is 0 Å². The minimum Gasteiger partial charge on any atom is -0.316 e. The average Bonchev–Trinajstić information content (AvgIpc) is 2.82. The van der Waals surface area contributed by atoms with Crippen LogP contribution < -0.4 is 5.32 Å². The van der Waals surface area contributed by atoms with Crippen LogP contribution in [0.25, 0.3) is 0 Å². The number of likely N-dealkylation sites (N-methyl/N-ethyl adjacent to an activating group) is 1. The van der Waals surface area contributed by atoms with E-state index in [1.54, 1.807) is 0 Å². The Kier molecular flexibility index (Phi) is 4.82. The lowest BCUT2D eigenvalue weighted by Gasteiger charge is -2.35. The Morgan fingerprint density at radius 3 is 2.42 bits per heavy atom. The van der Waals surface area contributed by atoms with E-state index in [1.165, 1.54) is 14.9 Å². The second kappa shape index (κ2) is 6.21. The average molecular weight is 338 g/mol. The van der Waals surface area contributed by atoms with Crippen molar-refractivity contribution in [1.82, 2.24) is 5.32 Å². The van der Waals surface area contributed by atoms with Gasteiger partial charge in [-0.25, -0.2) is 0 Å². The van der Waals surface area contributed by atoms with E-state index in [0.717, 1.165) is 6.42 Å². The summed E-state index contributed by atoms with van der Waals surface area (Å²) in [5, 5.41) is 5.63. The number of hydrogen-bond acceptors (Lipinski definition) is 2. The third kappa shape index (κ3) is 3.28. The first-order chi connectivity index (χ1) is 9.05. The molecule has 0 fully saturated rings. The van der Waals surface area contributed by atoms with Gasteiger partial charge in [-0.15, -0.1) is 11.3 Å². The summed E-state index contributed by atoms with van der Waals surface area (Å²) in [6, 6.07) is 13.3. The molecule has 1 atom stereocenters. The number of halogens is 1. The molecule has 0 radical (unpaired) electrons. The molecular weight excluding hydrogens is 318 g/mol. The van der Waals surface area contributed by atoms with Gasteiger partial charge in [-0.1, -0.05) is 44.2 Å². The first kappa shape index (κ1) is 14.8. The number of benzene rings is 1. The van der Waals surface area contributed by atoms with Gasteiger partial charge in [0.15, 0.2) is 0 Å². The van der Waals surface area contributed by atoms with Crippen molar-refractivity contribution in [2.24, 2.45) is 0 Å². The number of hydrogen-bond donors (Lipinski definition) is 1. The molecule has 3 heteroatoms. The zero-order valence-electron chi connectivity index (χ0n) is 11.6. The fraction of sp³-hybridized carbons (Fsp3) is 0.375. The van der Waals surface area contributed by atoms with Crippen LogP contribution in [0, 0.1) is 0 Å². The summed E-state index contributed by atoms with van der Waals surface area (Å²) in [7, 11) is 2.05. The first-order valence-electron chi connectivity index (χ1n) is 6.50. The molecule has 0 saturated heterocycles. The Bertz CT molecular complexity index is 519. The van der Waals surface area contributed by atoms with Gasteiger partial charge in [0.05, 0.1) is 0 Å². The van der Waals surface area contributed by atoms with E-state index >= 15 is 0 Å². The molecule has 1 unspecified atom stereocenters. The zero-order chi connectivity index (χ0) is 13.9. The van der Waals surface area contributed by atoms with Gasteiger partial charge in [0.25, 0.3) is 0 Å². The maximum absolute atomic E-state index is 3.63. The van der Waals surface area contributed by atoms with Crippen molar-refractivity contribution in [3.63, 3.8) is 0 Å². The monoisotopic (exact) mass is 337 g/mol. The highest BCUT2D eigenvalue weighted by molar-refractivity contribution is 9.10. The molecule has 0 bridgehead atoms. The summed E-state index contributed by atoms with van der Waals surface area (Å²) in [6.45, 7) is 4.62. The summed E-state index contributed by atoms with van der Waals surface area (Å²) < 4.78 is 1.22. The molecule has 1 aromatic carbocycles. The molecule has 0 aliphatic heterocycles. The van der Waals surface area contributed by atoms with Gasteiger partial charge in [0.1, 0.15) is 0 Å². The van der Waals surface area contributed by atoms with E-state index in [9.17, 15) is 0 Å². The summed E-state index contributed by atoms with van der Waals surface area (Å²) in [6.07, 6.45) is 1.04. The molecule has 0 aliphatic rings. The maximum atomic E-state index is 3.63. The molecule has 0 aliphatic carbocycles. The molecular formula is C16H20BrNS. The highest BCUT2D eigenvalue weighted by Crippen LogP contribution is 2.32. The Labute approximate surface area is 128 Å². The van der Waals surface area contributed by atoms with Crippen molar-refractivity contribution in [1.29, 1.82) is 0 Å². The van der Waals surface area contributed by atoms with Crippen molar-refractivity contribution >= 4 is 27.3 Å². The van der Waals surface area contributed by atoms with Crippen LogP contribution in [0.2, 0.25) is 0 Å². The summed E-state index contributed by atoms with van der Waals surface area (Å²) in [5.74, 6) is 0. The van der Waals surface area contributed by atoms with Crippen LogP contribution in [0.5, 0.6) is 0 Å². The van der Waals surface area contributed by atoms with Gasteiger partial charge in [-0.05, 0) is 46.4 Å². The Morgan fingerprint density at radius 1 is 1.21 bits per heavy atom. The molecule has 1 heterocycles. The van der Waals surface area contributed by atoms with E-state index in [1.807, 2.05) is 11.3 Å². The fourth-order valence-corrected chi connectivity index (χ4v) is 4.00. The second-order valence-electron chi connectivity index (χ2n) is 5.32. The van der Waals surface area contributed by atoms with E-state index in [0.29, 0.717) is 6.04 Å². The van der Waals surface area contributed by atoms with Gasteiger partial charge < -0.3 is 5.32 Å². The van der Waals surface area contributed by atoms with Crippen LogP contribution in [0.15, 0.2) is 46.3 Å². The Hall–Kier alpha value is -0.640. The lowest BCUT2D eigenvalue weighted by Crippen LogP contribution is -2.44. The minimum absolute atomic E-state index is 0.0967. The smallest absolute Gasteiger partial charge is 0.0314 e. The van der Waals surface area contributed by atoms with Crippen LogP contribution in [0.1, 0.15) is 24.3 Å². The first-order valence-corrected chi connectivity index (χ1v) is 8.17. The Morgan fingerprint density at radius 2 is 1.89 bits per heavy atom. The molecule has 1 N–H and O–H groups in total. The predicted octanol–water partition coefficient (Wildman–Crippen LogP) is 4.62. The third-order valence-corrected chi connectivity index (χ3v) is 5.77. The molecule has 1 nitrogen and oxygen atoms in total. The molecule has 0 amide bonds. The maximum Gasteiger partial charge on any atom is 0.0314 e. The molecule has 19 heavy (non-hydrogen) atoms. The van der Waals surface area contributed by atoms with Crippen molar-refractivity contribution < 1.29 is 0 Å². The standard InChI is InChI=1S/C16H20BrNS/c1-16(2,12-7-5-4-6-8-12)15(18-3)11-14-13(17)9-10-19-14/h4-10,15,18H,11H2,1-3H3. The van der Waals surface area contributed by atoms with Gasteiger partial charge in [-0.3, -0.25) is 0 Å². The summed E-state index contributed by atoms with van der Waals surface area (Å²) in [5.41, 5.74) is 1.47. The van der Waals surface area contributed by atoms with Crippen molar-refractivity contribution in [2.45, 2.75) is 31.7 Å². The lowest BCUT2D eigenvalue weighted by molar-refractivity contribution is 0.358. The number of nitrogens with one attached hydrogen (secondary N) is 1. The van der Waals surface area contributed by atoms with Crippen molar-refractivity contribution in [2.75, 3.05) is 7.05 Å². The molecule has 0 spiro atoms. The largest absolute Gasteiger partial charge is 0.316 e. The third-order valence-electron chi connectivity index (χ3n) is 3.82. The minimum atomic E-state index is 0.0967. The molecule has 102 valence electrons. The van der Waals surface area contributed by atoms with Crippen LogP contribution in [-0.2, 0) is 11.8 Å². The topological polar surface area (TPSA) is 12.0 Å². The van der Waals surface area contributed by atoms with Crippen LogP contribution in [-0.4, -0.2) is 13.1 Å². The van der Waals surface area contributed by atoms with E-state index < -0.39 is 0 Å². The summed E-state index contributed by atoms with van der Waals surface area (Å²) in [4.78, 5) is 1.41. The van der Waals surface area contributed by atoms with E-state index in [4.69, 9.17) is 0 Å². The van der Waals surface area contributed by atoms with Crippen LogP contribution in [0.4, 0.5) is 0 Å². The molecule has 2 rings (SSSR count). The predicted molar refractivity (Wildman–Crippen MR) is 88.0 cm³/mol. The van der Waals surface area contributed by atoms with Gasteiger partial charge in [0, 0.05) is 20.8 Å². The number of thiophene rings is 1. The highest BCUT2D eigenvalue weighted by atomic mass is 79.9.